The van der Waals surface area contributed by atoms with Crippen molar-refractivity contribution in [2.24, 2.45) is 0 Å². The Balaban J connectivity index is 1.84. The summed E-state index contributed by atoms with van der Waals surface area (Å²) in [6, 6.07) is 11.4. The molecule has 4 heteroatoms. The average Bonchev–Trinajstić information content (AvgIpc) is 2.92. The fourth-order valence-electron chi connectivity index (χ4n) is 3.68. The van der Waals surface area contributed by atoms with Crippen molar-refractivity contribution in [3.8, 4) is 5.75 Å². The van der Waals surface area contributed by atoms with Gasteiger partial charge in [-0.3, -0.25) is 0 Å². The van der Waals surface area contributed by atoms with Crippen LogP contribution in [-0.2, 0) is 6.42 Å². The van der Waals surface area contributed by atoms with E-state index in [0.29, 0.717) is 6.61 Å². The molecule has 1 unspecified atom stereocenters. The Hall–Kier alpha value is -2.33. The van der Waals surface area contributed by atoms with Gasteiger partial charge in [0.25, 0.3) is 0 Å². The number of hydrogen-bond acceptors (Lipinski definition) is 2. The summed E-state index contributed by atoms with van der Waals surface area (Å²) in [5.74, 6) is 0.706. The Kier molecular flexibility index (Phi) is 3.77. The average molecular weight is 324 g/mol. The van der Waals surface area contributed by atoms with Gasteiger partial charge in [-0.05, 0) is 67.3 Å². The number of aryl methyl sites for hydroxylation is 1. The van der Waals surface area contributed by atoms with Gasteiger partial charge in [-0.2, -0.15) is 0 Å². The van der Waals surface area contributed by atoms with Crippen molar-refractivity contribution in [3.05, 3.63) is 64.6 Å². The molecule has 2 heterocycles. The first kappa shape index (κ1) is 15.2. The summed E-state index contributed by atoms with van der Waals surface area (Å²) in [7, 11) is 0. The highest BCUT2D eigenvalue weighted by atomic mass is 19.1. The van der Waals surface area contributed by atoms with Gasteiger partial charge in [0.2, 0.25) is 0 Å². The van der Waals surface area contributed by atoms with Crippen LogP contribution < -0.4 is 10.1 Å². The molecule has 4 rings (SSSR count). The number of aromatic nitrogens is 1. The first-order chi connectivity index (χ1) is 11.7. The number of benzene rings is 2. The SMILES string of the molecule is CCOc1ccc2[nH]c3c(c2c1)CCNC3c1cc(C)cc(F)c1. The molecule has 1 atom stereocenters. The van der Waals surface area contributed by atoms with Gasteiger partial charge < -0.3 is 15.0 Å². The second-order valence-corrected chi connectivity index (χ2v) is 6.36. The molecule has 0 saturated carbocycles. The molecule has 0 amide bonds. The van der Waals surface area contributed by atoms with Gasteiger partial charge in [0.15, 0.2) is 0 Å². The van der Waals surface area contributed by atoms with Crippen LogP contribution in [0.2, 0.25) is 0 Å². The van der Waals surface area contributed by atoms with Gasteiger partial charge in [0.05, 0.1) is 12.6 Å². The molecule has 1 aliphatic rings. The standard InChI is InChI=1S/C20H21FN2O/c1-3-24-15-4-5-18-17(11-15)16-6-7-22-19(20(16)23-18)13-8-12(2)9-14(21)10-13/h4-5,8-11,19,22-23H,3,6-7H2,1-2H3. The lowest BCUT2D eigenvalue weighted by atomic mass is 9.93. The maximum atomic E-state index is 13.8. The van der Waals surface area contributed by atoms with Crippen LogP contribution in [-0.4, -0.2) is 18.1 Å². The fraction of sp³-hybridized carbons (Fsp3) is 0.300. The lowest BCUT2D eigenvalue weighted by molar-refractivity contribution is 0.340. The van der Waals surface area contributed by atoms with E-state index in [1.54, 1.807) is 12.1 Å². The number of hydrogen-bond donors (Lipinski definition) is 2. The van der Waals surface area contributed by atoms with Crippen LogP contribution in [0.25, 0.3) is 10.9 Å². The summed E-state index contributed by atoms with van der Waals surface area (Å²) in [5.41, 5.74) is 5.44. The minimum absolute atomic E-state index is 0.00825. The molecule has 0 saturated heterocycles. The zero-order valence-electron chi connectivity index (χ0n) is 13.9. The van der Waals surface area contributed by atoms with Gasteiger partial charge in [0, 0.05) is 23.1 Å². The predicted octanol–water partition coefficient (Wildman–Crippen LogP) is 4.25. The van der Waals surface area contributed by atoms with E-state index < -0.39 is 0 Å². The first-order valence-electron chi connectivity index (χ1n) is 8.43. The number of fused-ring (bicyclic) bond motifs is 3. The normalized spacial score (nSPS) is 17.0. The summed E-state index contributed by atoms with van der Waals surface area (Å²) >= 11 is 0. The highest BCUT2D eigenvalue weighted by molar-refractivity contribution is 5.86. The molecule has 0 bridgehead atoms. The molecule has 0 aliphatic carbocycles. The minimum atomic E-state index is -0.186. The van der Waals surface area contributed by atoms with Crippen LogP contribution >= 0.6 is 0 Å². The van der Waals surface area contributed by atoms with E-state index >= 15 is 0 Å². The first-order valence-corrected chi connectivity index (χ1v) is 8.43. The maximum Gasteiger partial charge on any atom is 0.123 e. The Morgan fingerprint density at radius 3 is 2.88 bits per heavy atom. The Labute approximate surface area is 140 Å². The van der Waals surface area contributed by atoms with Gasteiger partial charge >= 0.3 is 0 Å². The van der Waals surface area contributed by atoms with E-state index in [-0.39, 0.29) is 11.9 Å². The van der Waals surface area contributed by atoms with Gasteiger partial charge in [-0.15, -0.1) is 0 Å². The highest BCUT2D eigenvalue weighted by Gasteiger charge is 2.25. The monoisotopic (exact) mass is 324 g/mol. The van der Waals surface area contributed by atoms with Gasteiger partial charge in [-0.1, -0.05) is 6.07 Å². The molecule has 2 aromatic carbocycles. The summed E-state index contributed by atoms with van der Waals surface area (Å²) in [5, 5.41) is 4.72. The van der Waals surface area contributed by atoms with Crippen molar-refractivity contribution < 1.29 is 9.13 Å². The smallest absolute Gasteiger partial charge is 0.123 e. The molecular weight excluding hydrogens is 303 g/mol. The number of nitrogens with one attached hydrogen (secondary N) is 2. The molecule has 1 aliphatic heterocycles. The molecular formula is C20H21FN2O. The van der Waals surface area contributed by atoms with E-state index in [9.17, 15) is 4.39 Å². The van der Waals surface area contributed by atoms with E-state index in [2.05, 4.69) is 22.4 Å². The molecule has 0 fully saturated rings. The summed E-state index contributed by atoms with van der Waals surface area (Å²) in [6.45, 7) is 5.45. The van der Waals surface area contributed by atoms with Crippen molar-refractivity contribution in [1.29, 1.82) is 0 Å². The molecule has 1 aromatic heterocycles. The van der Waals surface area contributed by atoms with Crippen LogP contribution in [0.15, 0.2) is 36.4 Å². The largest absolute Gasteiger partial charge is 0.494 e. The van der Waals surface area contributed by atoms with Gasteiger partial charge in [-0.25, -0.2) is 4.39 Å². The van der Waals surface area contributed by atoms with Crippen molar-refractivity contribution in [2.45, 2.75) is 26.3 Å². The molecule has 24 heavy (non-hydrogen) atoms. The van der Waals surface area contributed by atoms with Crippen molar-refractivity contribution in [3.63, 3.8) is 0 Å². The number of H-pyrrole nitrogens is 1. The van der Waals surface area contributed by atoms with Crippen LogP contribution in [0.3, 0.4) is 0 Å². The van der Waals surface area contributed by atoms with E-state index in [0.717, 1.165) is 41.1 Å². The topological polar surface area (TPSA) is 37.0 Å². The lowest BCUT2D eigenvalue weighted by Gasteiger charge is -2.25. The molecule has 0 spiro atoms. The minimum Gasteiger partial charge on any atom is -0.494 e. The molecule has 3 nitrogen and oxygen atoms in total. The quantitative estimate of drug-likeness (QED) is 0.756. The Bertz CT molecular complexity index is 880. The second-order valence-electron chi connectivity index (χ2n) is 6.36. The van der Waals surface area contributed by atoms with Gasteiger partial charge in [0.1, 0.15) is 11.6 Å². The predicted molar refractivity (Wildman–Crippen MR) is 94.2 cm³/mol. The van der Waals surface area contributed by atoms with Crippen LogP contribution in [0, 0.1) is 12.7 Å². The van der Waals surface area contributed by atoms with Crippen molar-refractivity contribution in [1.82, 2.24) is 10.3 Å². The third kappa shape index (κ3) is 2.57. The Morgan fingerprint density at radius 2 is 2.08 bits per heavy atom. The van der Waals surface area contributed by atoms with Crippen molar-refractivity contribution >= 4 is 10.9 Å². The highest BCUT2D eigenvalue weighted by Crippen LogP contribution is 2.35. The van der Waals surface area contributed by atoms with Crippen LogP contribution in [0.5, 0.6) is 5.75 Å². The third-order valence-corrected chi connectivity index (χ3v) is 4.63. The number of rotatable bonds is 3. The number of ether oxygens (including phenoxy) is 1. The molecule has 3 aromatic rings. The fourth-order valence-corrected chi connectivity index (χ4v) is 3.68. The molecule has 124 valence electrons. The van der Waals surface area contributed by atoms with Crippen molar-refractivity contribution in [2.75, 3.05) is 13.2 Å². The number of aromatic amines is 1. The zero-order chi connectivity index (χ0) is 16.7. The number of halogens is 1. The zero-order valence-corrected chi connectivity index (χ0v) is 13.9. The van der Waals surface area contributed by atoms with Crippen LogP contribution in [0.4, 0.5) is 4.39 Å². The summed E-state index contributed by atoms with van der Waals surface area (Å²) in [4.78, 5) is 3.53. The maximum absolute atomic E-state index is 13.8. The van der Waals surface area contributed by atoms with Crippen LogP contribution in [0.1, 0.15) is 35.3 Å². The molecule has 2 N–H and O–H groups in total. The van der Waals surface area contributed by atoms with E-state index in [1.165, 1.54) is 10.9 Å². The van der Waals surface area contributed by atoms with E-state index in [1.807, 2.05) is 26.0 Å². The third-order valence-electron chi connectivity index (χ3n) is 4.63. The summed E-state index contributed by atoms with van der Waals surface area (Å²) in [6.07, 6.45) is 0.954. The summed E-state index contributed by atoms with van der Waals surface area (Å²) < 4.78 is 19.5. The lowest BCUT2D eigenvalue weighted by Crippen LogP contribution is -2.30. The second kappa shape index (κ2) is 5.95. The Morgan fingerprint density at radius 1 is 1.21 bits per heavy atom. The molecule has 0 radical (unpaired) electrons. The van der Waals surface area contributed by atoms with E-state index in [4.69, 9.17) is 4.74 Å².